The molecule has 0 bridgehead atoms. The van der Waals surface area contributed by atoms with E-state index in [1.54, 1.807) is 12.1 Å². The van der Waals surface area contributed by atoms with Crippen LogP contribution in [-0.4, -0.2) is 9.38 Å². The fourth-order valence-corrected chi connectivity index (χ4v) is 2.34. The molecule has 4 heteroatoms. The van der Waals surface area contributed by atoms with Crippen molar-refractivity contribution in [1.29, 1.82) is 0 Å². The lowest BCUT2D eigenvalue weighted by molar-refractivity contribution is 0.630. The van der Waals surface area contributed by atoms with Crippen molar-refractivity contribution in [3.8, 4) is 11.3 Å². The Balaban J connectivity index is 2.26. The Bertz CT molecular complexity index is 734. The molecule has 0 spiro atoms. The highest BCUT2D eigenvalue weighted by Crippen LogP contribution is 2.26. The molecule has 0 saturated carbocycles. The third-order valence-corrected chi connectivity index (χ3v) is 3.38. The lowest BCUT2D eigenvalue weighted by Gasteiger charge is -1.99. The maximum Gasteiger partial charge on any atom is 0.140 e. The van der Waals surface area contributed by atoms with E-state index in [1.165, 1.54) is 6.07 Å². The van der Waals surface area contributed by atoms with E-state index in [4.69, 9.17) is 0 Å². The van der Waals surface area contributed by atoms with Gasteiger partial charge < -0.3 is 4.40 Å². The van der Waals surface area contributed by atoms with Crippen LogP contribution in [0.15, 0.2) is 47.2 Å². The molecule has 2 nitrogen and oxygen atoms in total. The monoisotopic (exact) mass is 304 g/mol. The standard InChI is InChI=1S/C14H10BrFN2/c1-9-3-2-6-18-8-13(17-14(9)18)11-7-10(15)4-5-12(11)16/h2-8H,1H3. The number of hydrogen-bond acceptors (Lipinski definition) is 1. The van der Waals surface area contributed by atoms with Crippen LogP contribution < -0.4 is 0 Å². The second-order valence-electron chi connectivity index (χ2n) is 4.17. The van der Waals surface area contributed by atoms with E-state index in [1.807, 2.05) is 35.9 Å². The van der Waals surface area contributed by atoms with Gasteiger partial charge in [-0.3, -0.25) is 0 Å². The smallest absolute Gasteiger partial charge is 0.140 e. The number of fused-ring (bicyclic) bond motifs is 1. The first-order chi connectivity index (χ1) is 8.65. The average Bonchev–Trinajstić information content (AvgIpc) is 2.77. The van der Waals surface area contributed by atoms with Crippen molar-refractivity contribution in [2.45, 2.75) is 6.92 Å². The number of rotatable bonds is 1. The summed E-state index contributed by atoms with van der Waals surface area (Å²) < 4.78 is 16.6. The minimum absolute atomic E-state index is 0.265. The van der Waals surface area contributed by atoms with Gasteiger partial charge in [-0.25, -0.2) is 9.37 Å². The molecule has 0 fully saturated rings. The van der Waals surface area contributed by atoms with Crippen LogP contribution in [0.2, 0.25) is 0 Å². The molecule has 0 N–H and O–H groups in total. The fraction of sp³-hybridized carbons (Fsp3) is 0.0714. The van der Waals surface area contributed by atoms with E-state index in [0.717, 1.165) is 15.7 Å². The number of hydrogen-bond donors (Lipinski definition) is 0. The molecule has 0 aliphatic rings. The molecule has 0 atom stereocenters. The Labute approximate surface area is 112 Å². The van der Waals surface area contributed by atoms with Crippen LogP contribution in [-0.2, 0) is 0 Å². The van der Waals surface area contributed by atoms with Crippen LogP contribution in [0.4, 0.5) is 4.39 Å². The topological polar surface area (TPSA) is 17.3 Å². The summed E-state index contributed by atoms with van der Waals surface area (Å²) in [6.07, 6.45) is 3.75. The van der Waals surface area contributed by atoms with Gasteiger partial charge in [0.15, 0.2) is 0 Å². The van der Waals surface area contributed by atoms with E-state index in [0.29, 0.717) is 11.3 Å². The van der Waals surface area contributed by atoms with E-state index in [2.05, 4.69) is 20.9 Å². The van der Waals surface area contributed by atoms with E-state index in [-0.39, 0.29) is 5.82 Å². The highest BCUT2D eigenvalue weighted by Gasteiger charge is 2.10. The summed E-state index contributed by atoms with van der Waals surface area (Å²) in [6.45, 7) is 1.99. The number of aromatic nitrogens is 2. The first kappa shape index (κ1) is 11.4. The zero-order chi connectivity index (χ0) is 12.7. The summed E-state index contributed by atoms with van der Waals surface area (Å²) in [5.74, 6) is -0.265. The van der Waals surface area contributed by atoms with Gasteiger partial charge in [-0.05, 0) is 36.8 Å². The Hall–Kier alpha value is -1.68. The van der Waals surface area contributed by atoms with E-state index >= 15 is 0 Å². The maximum absolute atomic E-state index is 13.8. The van der Waals surface area contributed by atoms with Crippen LogP contribution >= 0.6 is 15.9 Å². The highest BCUT2D eigenvalue weighted by molar-refractivity contribution is 9.10. The molecular formula is C14H10BrFN2. The van der Waals surface area contributed by atoms with Crippen molar-refractivity contribution >= 4 is 21.6 Å². The first-order valence-electron chi connectivity index (χ1n) is 5.55. The second kappa shape index (κ2) is 4.21. The summed E-state index contributed by atoms with van der Waals surface area (Å²) in [5.41, 5.74) is 3.07. The van der Waals surface area contributed by atoms with Gasteiger partial charge in [0, 0.05) is 22.4 Å². The molecule has 0 saturated heterocycles. The summed E-state index contributed by atoms with van der Waals surface area (Å²) in [4.78, 5) is 4.49. The zero-order valence-corrected chi connectivity index (χ0v) is 11.3. The van der Waals surface area contributed by atoms with Gasteiger partial charge in [0.2, 0.25) is 0 Å². The van der Waals surface area contributed by atoms with Crippen molar-refractivity contribution < 1.29 is 4.39 Å². The number of pyridine rings is 1. The Morgan fingerprint density at radius 3 is 2.89 bits per heavy atom. The number of halogens is 2. The summed E-state index contributed by atoms with van der Waals surface area (Å²) >= 11 is 3.35. The molecule has 3 aromatic rings. The maximum atomic E-state index is 13.8. The van der Waals surface area contributed by atoms with E-state index < -0.39 is 0 Å². The minimum Gasteiger partial charge on any atom is -0.306 e. The minimum atomic E-state index is -0.265. The molecule has 0 unspecified atom stereocenters. The third-order valence-electron chi connectivity index (χ3n) is 2.88. The molecule has 0 aliphatic heterocycles. The molecule has 90 valence electrons. The largest absolute Gasteiger partial charge is 0.306 e. The lowest BCUT2D eigenvalue weighted by Crippen LogP contribution is -1.84. The SMILES string of the molecule is Cc1cccn2cc(-c3cc(Br)ccc3F)nc12. The average molecular weight is 305 g/mol. The summed E-state index contributed by atoms with van der Waals surface area (Å²) in [7, 11) is 0. The van der Waals surface area contributed by atoms with Crippen LogP contribution in [0.5, 0.6) is 0 Å². The summed E-state index contributed by atoms with van der Waals surface area (Å²) in [5, 5.41) is 0. The van der Waals surface area contributed by atoms with Crippen LogP contribution in [0.3, 0.4) is 0 Å². The molecule has 1 aromatic carbocycles. The van der Waals surface area contributed by atoms with Crippen molar-refractivity contribution in [3.05, 3.63) is 58.6 Å². The van der Waals surface area contributed by atoms with Crippen LogP contribution in [0.1, 0.15) is 5.56 Å². The van der Waals surface area contributed by atoms with Gasteiger partial charge in [-0.2, -0.15) is 0 Å². The normalized spacial score (nSPS) is 11.1. The van der Waals surface area contributed by atoms with Crippen LogP contribution in [0.25, 0.3) is 16.9 Å². The lowest BCUT2D eigenvalue weighted by atomic mass is 10.1. The molecular weight excluding hydrogens is 295 g/mol. The van der Waals surface area contributed by atoms with Crippen molar-refractivity contribution in [2.24, 2.45) is 0 Å². The molecule has 0 aliphatic carbocycles. The first-order valence-corrected chi connectivity index (χ1v) is 6.34. The number of aryl methyl sites for hydroxylation is 1. The molecule has 2 aromatic heterocycles. The quantitative estimate of drug-likeness (QED) is 0.658. The second-order valence-corrected chi connectivity index (χ2v) is 5.09. The van der Waals surface area contributed by atoms with Gasteiger partial charge in [-0.1, -0.05) is 22.0 Å². The number of benzene rings is 1. The number of nitrogens with zero attached hydrogens (tertiary/aromatic N) is 2. The molecule has 0 radical (unpaired) electrons. The van der Waals surface area contributed by atoms with E-state index in [9.17, 15) is 4.39 Å². The molecule has 2 heterocycles. The van der Waals surface area contributed by atoms with Gasteiger partial charge in [0.25, 0.3) is 0 Å². The van der Waals surface area contributed by atoms with Crippen LogP contribution in [0, 0.1) is 12.7 Å². The van der Waals surface area contributed by atoms with Crippen molar-refractivity contribution in [3.63, 3.8) is 0 Å². The van der Waals surface area contributed by atoms with Gasteiger partial charge in [0.05, 0.1) is 5.69 Å². The summed E-state index contributed by atoms with van der Waals surface area (Å²) in [6, 6.07) is 8.80. The molecule has 18 heavy (non-hydrogen) atoms. The number of imidazole rings is 1. The van der Waals surface area contributed by atoms with Crippen molar-refractivity contribution in [2.75, 3.05) is 0 Å². The molecule has 3 rings (SSSR count). The van der Waals surface area contributed by atoms with Crippen molar-refractivity contribution in [1.82, 2.24) is 9.38 Å². The zero-order valence-electron chi connectivity index (χ0n) is 9.69. The Kier molecular flexibility index (Phi) is 2.67. The third kappa shape index (κ3) is 1.82. The Morgan fingerprint density at radius 1 is 1.28 bits per heavy atom. The van der Waals surface area contributed by atoms with Gasteiger partial charge in [-0.15, -0.1) is 0 Å². The fourth-order valence-electron chi connectivity index (χ4n) is 1.98. The molecule has 0 amide bonds. The predicted octanol–water partition coefficient (Wildman–Crippen LogP) is 4.21. The van der Waals surface area contributed by atoms with Gasteiger partial charge >= 0.3 is 0 Å². The Morgan fingerprint density at radius 2 is 2.11 bits per heavy atom. The highest BCUT2D eigenvalue weighted by atomic mass is 79.9. The predicted molar refractivity (Wildman–Crippen MR) is 73.0 cm³/mol. The van der Waals surface area contributed by atoms with Gasteiger partial charge in [0.1, 0.15) is 11.5 Å².